The molecule has 1 N–H and O–H groups in total. The molecule has 1 atom stereocenters. The number of aromatic nitrogens is 1. The maximum Gasteiger partial charge on any atom is 0.243 e. The second-order valence-electron chi connectivity index (χ2n) is 6.19. The third kappa shape index (κ3) is 4.27. The molecule has 3 aromatic rings. The fraction of sp³-hybridized carbons (Fsp3) is 0.250. The van der Waals surface area contributed by atoms with E-state index in [-0.39, 0.29) is 11.5 Å². The molecule has 0 radical (unpaired) electrons. The Labute approximate surface area is 159 Å². The zero-order chi connectivity index (χ0) is 19.4. The number of ether oxygens (including phenoxy) is 2. The molecule has 0 saturated carbocycles. The van der Waals surface area contributed by atoms with Gasteiger partial charge in [-0.15, -0.1) is 0 Å². The lowest BCUT2D eigenvalue weighted by atomic mass is 10.1. The highest BCUT2D eigenvalue weighted by Gasteiger charge is 2.24. The third-order valence-corrected chi connectivity index (χ3v) is 5.74. The van der Waals surface area contributed by atoms with Gasteiger partial charge in [0.15, 0.2) is 0 Å². The summed E-state index contributed by atoms with van der Waals surface area (Å²) in [5.41, 5.74) is 1.96. The van der Waals surface area contributed by atoms with Crippen LogP contribution in [0.2, 0.25) is 0 Å². The van der Waals surface area contributed by atoms with Crippen LogP contribution >= 0.6 is 0 Å². The van der Waals surface area contributed by atoms with Crippen LogP contribution in [0.3, 0.4) is 0 Å². The number of hydrogen-bond acceptors (Lipinski definition) is 5. The highest BCUT2D eigenvalue weighted by molar-refractivity contribution is 7.89. The van der Waals surface area contributed by atoms with Crippen LogP contribution in [0.5, 0.6) is 5.75 Å². The molecule has 27 heavy (non-hydrogen) atoms. The number of rotatable bonds is 7. The minimum absolute atomic E-state index is 0.146. The average molecular weight is 386 g/mol. The molecule has 0 aliphatic carbocycles. The average Bonchev–Trinajstić information content (AvgIpc) is 2.67. The van der Waals surface area contributed by atoms with Gasteiger partial charge in [0.25, 0.3) is 0 Å². The van der Waals surface area contributed by atoms with Crippen molar-refractivity contribution in [1.82, 2.24) is 9.71 Å². The number of nitrogens with zero attached hydrogens (tertiary/aromatic N) is 1. The van der Waals surface area contributed by atoms with Gasteiger partial charge in [0.2, 0.25) is 10.0 Å². The number of para-hydroxylation sites is 1. The van der Waals surface area contributed by atoms with Crippen LogP contribution in [0, 0.1) is 6.92 Å². The molecule has 0 aliphatic rings. The fourth-order valence-electron chi connectivity index (χ4n) is 2.91. The quantitative estimate of drug-likeness (QED) is 0.675. The minimum atomic E-state index is -3.83. The summed E-state index contributed by atoms with van der Waals surface area (Å²) in [7, 11) is -0.726. The van der Waals surface area contributed by atoms with Gasteiger partial charge in [-0.3, -0.25) is 4.98 Å². The first-order valence-electron chi connectivity index (χ1n) is 8.46. The van der Waals surface area contributed by atoms with E-state index in [9.17, 15) is 8.42 Å². The molecule has 0 amide bonds. The van der Waals surface area contributed by atoms with E-state index in [4.69, 9.17) is 9.47 Å². The van der Waals surface area contributed by atoms with Crippen LogP contribution in [0.15, 0.2) is 59.5 Å². The van der Waals surface area contributed by atoms with Gasteiger partial charge in [-0.2, -0.15) is 0 Å². The first-order valence-corrected chi connectivity index (χ1v) is 9.94. The Morgan fingerprint density at radius 1 is 1.07 bits per heavy atom. The summed E-state index contributed by atoms with van der Waals surface area (Å²) in [5.74, 6) is 0.648. The van der Waals surface area contributed by atoms with Crippen LogP contribution < -0.4 is 9.46 Å². The first-order chi connectivity index (χ1) is 12.9. The van der Waals surface area contributed by atoms with Crippen molar-refractivity contribution in [3.63, 3.8) is 0 Å². The maximum atomic E-state index is 13.1. The normalized spacial score (nSPS) is 12.9. The standard InChI is InChI=1S/C20H22N2O4S/c1-14-10-11-15-6-5-9-19(20(15)21-14)27(23,24)22-18(13-25-2)16-7-4-8-17(12-16)26-3/h4-12,18,22H,13H2,1-3H3. The number of fused-ring (bicyclic) bond motifs is 1. The van der Waals surface area contributed by atoms with Gasteiger partial charge in [-0.25, -0.2) is 13.1 Å². The molecular weight excluding hydrogens is 364 g/mol. The van der Waals surface area contributed by atoms with Gasteiger partial charge in [0.1, 0.15) is 10.6 Å². The summed E-state index contributed by atoms with van der Waals surface area (Å²) in [5, 5.41) is 0.771. The summed E-state index contributed by atoms with van der Waals surface area (Å²) in [6, 6.07) is 15.5. The van der Waals surface area contributed by atoms with E-state index in [1.165, 1.54) is 7.11 Å². The molecule has 1 unspecified atom stereocenters. The highest BCUT2D eigenvalue weighted by atomic mass is 32.2. The molecule has 1 heterocycles. The Hall–Kier alpha value is -2.48. The fourth-order valence-corrected chi connectivity index (χ4v) is 4.29. The third-order valence-electron chi connectivity index (χ3n) is 4.24. The summed E-state index contributed by atoms with van der Waals surface area (Å²) < 4.78 is 39.5. The molecule has 6 nitrogen and oxygen atoms in total. The lowest BCUT2D eigenvalue weighted by Crippen LogP contribution is -2.31. The SMILES string of the molecule is COCC(NS(=O)(=O)c1cccc2ccc(C)nc12)c1cccc(OC)c1. The van der Waals surface area contributed by atoms with E-state index in [0.29, 0.717) is 11.3 Å². The van der Waals surface area contributed by atoms with E-state index in [1.54, 1.807) is 31.4 Å². The molecule has 0 saturated heterocycles. The van der Waals surface area contributed by atoms with Crippen molar-refractivity contribution >= 4 is 20.9 Å². The van der Waals surface area contributed by atoms with Gasteiger partial charge in [-0.05, 0) is 36.8 Å². The number of sulfonamides is 1. The van der Waals surface area contributed by atoms with E-state index in [2.05, 4.69) is 9.71 Å². The lowest BCUT2D eigenvalue weighted by Gasteiger charge is -2.19. The number of hydrogen-bond donors (Lipinski definition) is 1. The largest absolute Gasteiger partial charge is 0.497 e. The number of nitrogens with one attached hydrogen (secondary N) is 1. The topological polar surface area (TPSA) is 77.5 Å². The number of methoxy groups -OCH3 is 2. The second kappa shape index (κ2) is 8.04. The van der Waals surface area contributed by atoms with Gasteiger partial charge >= 0.3 is 0 Å². The van der Waals surface area contributed by atoms with E-state index in [0.717, 1.165) is 16.6 Å². The lowest BCUT2D eigenvalue weighted by molar-refractivity contribution is 0.175. The van der Waals surface area contributed by atoms with E-state index >= 15 is 0 Å². The second-order valence-corrected chi connectivity index (χ2v) is 7.87. The smallest absolute Gasteiger partial charge is 0.243 e. The van der Waals surface area contributed by atoms with Gasteiger partial charge in [0, 0.05) is 18.2 Å². The Kier molecular flexibility index (Phi) is 5.74. The van der Waals surface area contributed by atoms with Crippen molar-refractivity contribution in [2.45, 2.75) is 17.9 Å². The van der Waals surface area contributed by atoms with Crippen molar-refractivity contribution in [3.8, 4) is 5.75 Å². The summed E-state index contributed by atoms with van der Waals surface area (Å²) in [6.07, 6.45) is 0. The van der Waals surface area contributed by atoms with Crippen LogP contribution in [0.1, 0.15) is 17.3 Å². The highest BCUT2D eigenvalue weighted by Crippen LogP contribution is 2.25. The van der Waals surface area contributed by atoms with E-state index < -0.39 is 16.1 Å². The molecule has 0 fully saturated rings. The Morgan fingerprint density at radius 2 is 1.85 bits per heavy atom. The molecule has 3 rings (SSSR count). The van der Waals surface area contributed by atoms with Crippen molar-refractivity contribution in [3.05, 3.63) is 65.9 Å². The molecule has 0 aliphatic heterocycles. The summed E-state index contributed by atoms with van der Waals surface area (Å²) in [4.78, 5) is 4.57. The molecule has 7 heteroatoms. The van der Waals surface area contributed by atoms with Crippen molar-refractivity contribution in [2.75, 3.05) is 20.8 Å². The molecular formula is C20H22N2O4S. The van der Waals surface area contributed by atoms with Gasteiger partial charge in [0.05, 0.1) is 25.3 Å². The summed E-state index contributed by atoms with van der Waals surface area (Å²) >= 11 is 0. The van der Waals surface area contributed by atoms with E-state index in [1.807, 2.05) is 37.3 Å². The minimum Gasteiger partial charge on any atom is -0.497 e. The van der Waals surface area contributed by atoms with Crippen LogP contribution in [-0.2, 0) is 14.8 Å². The Balaban J connectivity index is 2.02. The molecule has 2 aromatic carbocycles. The zero-order valence-corrected chi connectivity index (χ0v) is 16.3. The number of benzene rings is 2. The Bertz CT molecular complexity index is 1050. The van der Waals surface area contributed by atoms with Crippen LogP contribution in [-0.4, -0.2) is 34.2 Å². The number of aryl methyl sites for hydroxylation is 1. The Morgan fingerprint density at radius 3 is 2.59 bits per heavy atom. The maximum absolute atomic E-state index is 13.1. The molecule has 0 bridgehead atoms. The van der Waals surface area contributed by atoms with Crippen LogP contribution in [0.4, 0.5) is 0 Å². The monoisotopic (exact) mass is 386 g/mol. The van der Waals surface area contributed by atoms with Crippen molar-refractivity contribution in [2.24, 2.45) is 0 Å². The predicted molar refractivity (Wildman–Crippen MR) is 104 cm³/mol. The van der Waals surface area contributed by atoms with Crippen molar-refractivity contribution in [1.29, 1.82) is 0 Å². The van der Waals surface area contributed by atoms with Crippen molar-refractivity contribution < 1.29 is 17.9 Å². The summed E-state index contributed by atoms with van der Waals surface area (Å²) in [6.45, 7) is 2.02. The van der Waals surface area contributed by atoms with Crippen LogP contribution in [0.25, 0.3) is 10.9 Å². The molecule has 1 aromatic heterocycles. The molecule has 0 spiro atoms. The predicted octanol–water partition coefficient (Wildman–Crippen LogP) is 3.22. The van der Waals surface area contributed by atoms with Gasteiger partial charge in [-0.1, -0.05) is 30.3 Å². The zero-order valence-electron chi connectivity index (χ0n) is 15.5. The molecule has 142 valence electrons. The van der Waals surface area contributed by atoms with Gasteiger partial charge < -0.3 is 9.47 Å². The number of pyridine rings is 1. The first kappa shape index (κ1) is 19.3.